The summed E-state index contributed by atoms with van der Waals surface area (Å²) in [5, 5.41) is 4.35. The molecular weight excluding hydrogens is 286 g/mol. The Morgan fingerprint density at radius 1 is 1.47 bits per heavy atom. The van der Waals surface area contributed by atoms with Gasteiger partial charge in [0.2, 0.25) is 0 Å². The number of hydrogen-bond acceptors (Lipinski definition) is 6. The first-order valence-electron chi connectivity index (χ1n) is 5.69. The maximum absolute atomic E-state index is 12.1. The number of nitrogens with zero attached hydrogens (tertiary/aromatic N) is 3. The molecule has 2 rings (SSSR count). The van der Waals surface area contributed by atoms with Crippen LogP contribution in [0.1, 0.15) is 11.3 Å². The van der Waals surface area contributed by atoms with Gasteiger partial charge in [-0.1, -0.05) is 0 Å². The summed E-state index contributed by atoms with van der Waals surface area (Å²) in [6.07, 6.45) is 5.17. The monoisotopic (exact) mass is 301 g/mol. The Bertz CT molecular complexity index is 646. The molecule has 0 fully saturated rings. The van der Waals surface area contributed by atoms with E-state index in [9.17, 15) is 8.42 Å². The van der Waals surface area contributed by atoms with Crippen molar-refractivity contribution in [2.45, 2.75) is 24.8 Å². The van der Waals surface area contributed by atoms with Crippen molar-refractivity contribution in [2.75, 3.05) is 11.3 Å². The lowest BCUT2D eigenvalue weighted by Crippen LogP contribution is -2.12. The van der Waals surface area contributed by atoms with Crippen LogP contribution in [0.3, 0.4) is 0 Å². The van der Waals surface area contributed by atoms with Gasteiger partial charge in [0.15, 0.2) is 5.13 Å². The number of rotatable bonds is 6. The molecule has 0 aromatic carbocycles. The lowest BCUT2D eigenvalue weighted by atomic mass is 10.4. The third kappa shape index (κ3) is 3.52. The van der Waals surface area contributed by atoms with E-state index in [1.54, 1.807) is 10.9 Å². The first-order valence-corrected chi connectivity index (χ1v) is 7.99. The van der Waals surface area contributed by atoms with E-state index in [2.05, 4.69) is 14.8 Å². The third-order valence-electron chi connectivity index (χ3n) is 2.35. The smallest absolute Gasteiger partial charge is 0.266 e. The largest absolute Gasteiger partial charge is 0.330 e. The Hall–Kier alpha value is -1.45. The van der Waals surface area contributed by atoms with E-state index in [0.29, 0.717) is 18.2 Å². The predicted octanol–water partition coefficient (Wildman–Crippen LogP) is 0.798. The van der Waals surface area contributed by atoms with Crippen LogP contribution in [0.25, 0.3) is 0 Å². The van der Waals surface area contributed by atoms with Crippen LogP contribution in [0.5, 0.6) is 0 Å². The molecule has 7 nitrogen and oxygen atoms in total. The van der Waals surface area contributed by atoms with Crippen LogP contribution in [0.15, 0.2) is 23.5 Å². The molecule has 0 aliphatic rings. The molecule has 2 aromatic heterocycles. The Morgan fingerprint density at radius 2 is 2.26 bits per heavy atom. The molecule has 0 spiro atoms. The molecule has 0 unspecified atom stereocenters. The third-order valence-corrected chi connectivity index (χ3v) is 4.61. The van der Waals surface area contributed by atoms with E-state index in [4.69, 9.17) is 5.73 Å². The van der Waals surface area contributed by atoms with Gasteiger partial charge in [-0.25, -0.2) is 13.4 Å². The van der Waals surface area contributed by atoms with Gasteiger partial charge in [-0.2, -0.15) is 5.10 Å². The van der Waals surface area contributed by atoms with Crippen LogP contribution in [0.2, 0.25) is 0 Å². The van der Waals surface area contributed by atoms with Crippen molar-refractivity contribution in [3.63, 3.8) is 0 Å². The summed E-state index contributed by atoms with van der Waals surface area (Å²) in [7, 11) is -3.62. The molecule has 0 bridgehead atoms. The van der Waals surface area contributed by atoms with Crippen molar-refractivity contribution in [1.82, 2.24) is 14.8 Å². The van der Waals surface area contributed by atoms with E-state index < -0.39 is 10.0 Å². The second-order valence-corrected chi connectivity index (χ2v) is 6.88. The second kappa shape index (κ2) is 5.68. The van der Waals surface area contributed by atoms with Crippen LogP contribution >= 0.6 is 11.3 Å². The zero-order valence-corrected chi connectivity index (χ0v) is 12.0. The van der Waals surface area contributed by atoms with Gasteiger partial charge in [-0.15, -0.1) is 11.3 Å². The van der Waals surface area contributed by atoms with Crippen molar-refractivity contribution < 1.29 is 8.42 Å². The zero-order chi connectivity index (χ0) is 13.9. The van der Waals surface area contributed by atoms with E-state index in [1.807, 2.05) is 6.92 Å². The molecule has 0 aliphatic heterocycles. The minimum Gasteiger partial charge on any atom is -0.330 e. The van der Waals surface area contributed by atoms with E-state index in [1.165, 1.54) is 23.7 Å². The SMILES string of the molecule is Cc1cnc(NS(=O)(=O)c2cnn(CCCN)c2)s1. The summed E-state index contributed by atoms with van der Waals surface area (Å²) >= 11 is 1.28. The average Bonchev–Trinajstić information content (AvgIpc) is 2.95. The molecule has 2 aromatic rings. The fourth-order valence-corrected chi connectivity index (χ4v) is 3.29. The molecule has 3 N–H and O–H groups in total. The van der Waals surface area contributed by atoms with E-state index >= 15 is 0 Å². The first-order chi connectivity index (χ1) is 9.01. The maximum Gasteiger partial charge on any atom is 0.266 e. The lowest BCUT2D eigenvalue weighted by Gasteiger charge is -2.01. The van der Waals surface area contributed by atoms with Gasteiger partial charge >= 0.3 is 0 Å². The van der Waals surface area contributed by atoms with Crippen LogP contribution in [0, 0.1) is 6.92 Å². The fraction of sp³-hybridized carbons (Fsp3) is 0.400. The van der Waals surface area contributed by atoms with Gasteiger partial charge < -0.3 is 5.73 Å². The highest BCUT2D eigenvalue weighted by atomic mass is 32.2. The number of nitrogens with two attached hydrogens (primary N) is 1. The van der Waals surface area contributed by atoms with Crippen LogP contribution < -0.4 is 10.5 Å². The highest BCUT2D eigenvalue weighted by Gasteiger charge is 2.18. The lowest BCUT2D eigenvalue weighted by molar-refractivity contribution is 0.582. The Labute approximate surface area is 115 Å². The maximum atomic E-state index is 12.1. The topological polar surface area (TPSA) is 103 Å². The molecule has 0 saturated heterocycles. The number of aromatic nitrogens is 3. The summed E-state index contributed by atoms with van der Waals surface area (Å²) in [6, 6.07) is 0. The normalized spacial score (nSPS) is 11.7. The van der Waals surface area contributed by atoms with Crippen molar-refractivity contribution in [3.8, 4) is 0 Å². The van der Waals surface area contributed by atoms with Crippen LogP contribution in [-0.4, -0.2) is 29.7 Å². The number of hydrogen-bond donors (Lipinski definition) is 2. The standard InChI is InChI=1S/C10H15N5O2S2/c1-8-5-12-10(18-8)14-19(16,17)9-6-13-15(7-9)4-2-3-11/h5-7H,2-4,11H2,1H3,(H,12,14). The molecule has 0 atom stereocenters. The van der Waals surface area contributed by atoms with Gasteiger partial charge in [-0.3, -0.25) is 9.40 Å². The molecule has 0 radical (unpaired) electrons. The van der Waals surface area contributed by atoms with Crippen LogP contribution in [-0.2, 0) is 16.6 Å². The number of thiazole rings is 1. The molecule has 19 heavy (non-hydrogen) atoms. The number of aryl methyl sites for hydroxylation is 2. The summed E-state index contributed by atoms with van der Waals surface area (Å²) in [5.74, 6) is 0. The highest BCUT2D eigenvalue weighted by molar-refractivity contribution is 7.93. The van der Waals surface area contributed by atoms with Gasteiger partial charge in [0.05, 0.1) is 6.20 Å². The van der Waals surface area contributed by atoms with Gasteiger partial charge in [-0.05, 0) is 19.9 Å². The first kappa shape index (κ1) is 14.0. The van der Waals surface area contributed by atoms with Crippen LogP contribution in [0.4, 0.5) is 5.13 Å². The van der Waals surface area contributed by atoms with Gasteiger partial charge in [0.25, 0.3) is 10.0 Å². The van der Waals surface area contributed by atoms with E-state index in [-0.39, 0.29) is 4.90 Å². The van der Waals surface area contributed by atoms with Gasteiger partial charge in [0, 0.05) is 23.8 Å². The van der Waals surface area contributed by atoms with Crippen molar-refractivity contribution in [2.24, 2.45) is 5.73 Å². The zero-order valence-electron chi connectivity index (χ0n) is 10.4. The Morgan fingerprint density at radius 3 is 2.89 bits per heavy atom. The molecule has 0 amide bonds. The molecular formula is C10H15N5O2S2. The quantitative estimate of drug-likeness (QED) is 0.821. The molecule has 0 aliphatic carbocycles. The molecule has 9 heteroatoms. The summed E-state index contributed by atoms with van der Waals surface area (Å²) in [5.41, 5.74) is 5.39. The molecule has 0 saturated carbocycles. The minimum atomic E-state index is -3.62. The van der Waals surface area contributed by atoms with Crippen molar-refractivity contribution in [1.29, 1.82) is 0 Å². The highest BCUT2D eigenvalue weighted by Crippen LogP contribution is 2.20. The Balaban J connectivity index is 2.13. The average molecular weight is 301 g/mol. The summed E-state index contributed by atoms with van der Waals surface area (Å²) in [6.45, 7) is 3.00. The van der Waals surface area contributed by atoms with Gasteiger partial charge in [0.1, 0.15) is 4.90 Å². The predicted molar refractivity (Wildman–Crippen MR) is 73.6 cm³/mol. The fourth-order valence-electron chi connectivity index (χ4n) is 1.43. The summed E-state index contributed by atoms with van der Waals surface area (Å²) in [4.78, 5) is 5.03. The molecule has 104 valence electrons. The van der Waals surface area contributed by atoms with E-state index in [0.717, 1.165) is 11.3 Å². The minimum absolute atomic E-state index is 0.123. The van der Waals surface area contributed by atoms with Crippen molar-refractivity contribution >= 4 is 26.5 Å². The van der Waals surface area contributed by atoms with Crippen molar-refractivity contribution in [3.05, 3.63) is 23.5 Å². The Kier molecular flexibility index (Phi) is 4.17. The number of nitrogens with one attached hydrogen (secondary N) is 1. The molecule has 2 heterocycles. The number of anilines is 1. The summed E-state index contributed by atoms with van der Waals surface area (Å²) < 4.78 is 28.1. The number of sulfonamides is 1. The second-order valence-electron chi connectivity index (χ2n) is 3.96.